The lowest BCUT2D eigenvalue weighted by Gasteiger charge is -2.12. The van der Waals surface area contributed by atoms with Crippen molar-refractivity contribution in [1.82, 2.24) is 9.97 Å². The first-order valence-corrected chi connectivity index (χ1v) is 6.39. The molecular formula is C14H15F3N4. The Bertz CT molecular complexity index is 659. The molecule has 0 aliphatic heterocycles. The number of aromatic nitrogens is 2. The fourth-order valence-corrected chi connectivity index (χ4v) is 1.74. The second kappa shape index (κ2) is 5.99. The lowest BCUT2D eigenvalue weighted by atomic mass is 10.3. The summed E-state index contributed by atoms with van der Waals surface area (Å²) >= 11 is 0. The number of hydrogen-bond acceptors (Lipinski definition) is 4. The summed E-state index contributed by atoms with van der Waals surface area (Å²) in [5, 5.41) is 5.64. The standard InChI is InChI=1S/C14H15F3N4/c1-7(2)18-11-6-8(3)19-14(21-11)20-10-5-4-9(15)12(16)13(10)17/h4-7H,1-3H3,(H2,18,19,20,21). The molecule has 0 amide bonds. The zero-order valence-electron chi connectivity index (χ0n) is 11.8. The van der Waals surface area contributed by atoms with Crippen LogP contribution in [-0.4, -0.2) is 16.0 Å². The second-order valence-electron chi connectivity index (χ2n) is 4.87. The third-order valence-electron chi connectivity index (χ3n) is 2.57. The van der Waals surface area contributed by atoms with Crippen molar-refractivity contribution in [2.24, 2.45) is 0 Å². The van der Waals surface area contributed by atoms with Gasteiger partial charge in [0.2, 0.25) is 5.95 Å². The van der Waals surface area contributed by atoms with Crippen LogP contribution in [0.15, 0.2) is 18.2 Å². The highest BCUT2D eigenvalue weighted by molar-refractivity contribution is 5.56. The Labute approximate surface area is 120 Å². The quantitative estimate of drug-likeness (QED) is 0.843. The van der Waals surface area contributed by atoms with Crippen molar-refractivity contribution in [2.45, 2.75) is 26.8 Å². The predicted molar refractivity (Wildman–Crippen MR) is 75.1 cm³/mol. The van der Waals surface area contributed by atoms with Gasteiger partial charge in [-0.05, 0) is 32.9 Å². The summed E-state index contributed by atoms with van der Waals surface area (Å²) in [5.74, 6) is -3.43. The van der Waals surface area contributed by atoms with Gasteiger partial charge in [-0.3, -0.25) is 0 Å². The molecule has 7 heteroatoms. The normalized spacial score (nSPS) is 10.8. The van der Waals surface area contributed by atoms with E-state index in [0.717, 1.165) is 12.1 Å². The van der Waals surface area contributed by atoms with E-state index in [1.54, 1.807) is 13.0 Å². The highest BCUT2D eigenvalue weighted by atomic mass is 19.2. The number of hydrogen-bond donors (Lipinski definition) is 2. The average molecular weight is 296 g/mol. The smallest absolute Gasteiger partial charge is 0.229 e. The third-order valence-corrected chi connectivity index (χ3v) is 2.57. The molecule has 2 aromatic rings. The van der Waals surface area contributed by atoms with E-state index in [9.17, 15) is 13.2 Å². The van der Waals surface area contributed by atoms with E-state index in [1.807, 2.05) is 13.8 Å². The van der Waals surface area contributed by atoms with Gasteiger partial charge in [-0.25, -0.2) is 18.2 Å². The first-order chi connectivity index (χ1) is 9.86. The molecule has 2 N–H and O–H groups in total. The Kier molecular flexibility index (Phi) is 4.30. The molecule has 0 spiro atoms. The summed E-state index contributed by atoms with van der Waals surface area (Å²) in [4.78, 5) is 8.23. The van der Waals surface area contributed by atoms with E-state index in [4.69, 9.17) is 0 Å². The molecule has 1 heterocycles. The molecule has 1 aromatic heterocycles. The van der Waals surface area contributed by atoms with Gasteiger partial charge in [-0.1, -0.05) is 0 Å². The van der Waals surface area contributed by atoms with Gasteiger partial charge in [0, 0.05) is 17.8 Å². The minimum Gasteiger partial charge on any atom is -0.368 e. The molecule has 0 saturated carbocycles. The van der Waals surface area contributed by atoms with Gasteiger partial charge in [0.1, 0.15) is 5.82 Å². The summed E-state index contributed by atoms with van der Waals surface area (Å²) in [6.07, 6.45) is 0. The summed E-state index contributed by atoms with van der Waals surface area (Å²) < 4.78 is 39.7. The first kappa shape index (κ1) is 15.1. The Balaban J connectivity index is 2.31. The van der Waals surface area contributed by atoms with Crippen molar-refractivity contribution in [1.29, 1.82) is 0 Å². The van der Waals surface area contributed by atoms with Crippen LogP contribution in [0.5, 0.6) is 0 Å². The number of benzene rings is 1. The molecule has 0 unspecified atom stereocenters. The minimum absolute atomic E-state index is 0.100. The molecular weight excluding hydrogens is 281 g/mol. The van der Waals surface area contributed by atoms with Gasteiger partial charge in [-0.15, -0.1) is 0 Å². The van der Waals surface area contributed by atoms with Crippen LogP contribution >= 0.6 is 0 Å². The number of nitrogens with zero attached hydrogens (tertiary/aromatic N) is 2. The Morgan fingerprint density at radius 2 is 1.76 bits per heavy atom. The molecule has 0 saturated heterocycles. The van der Waals surface area contributed by atoms with Crippen LogP contribution in [0.1, 0.15) is 19.5 Å². The van der Waals surface area contributed by atoms with E-state index in [0.29, 0.717) is 11.5 Å². The van der Waals surface area contributed by atoms with E-state index >= 15 is 0 Å². The largest absolute Gasteiger partial charge is 0.368 e. The fourth-order valence-electron chi connectivity index (χ4n) is 1.74. The molecule has 112 valence electrons. The van der Waals surface area contributed by atoms with E-state index in [-0.39, 0.29) is 17.7 Å². The number of anilines is 3. The number of nitrogens with one attached hydrogen (secondary N) is 2. The van der Waals surface area contributed by atoms with Crippen LogP contribution in [0.25, 0.3) is 0 Å². The van der Waals surface area contributed by atoms with Crippen molar-refractivity contribution in [3.05, 3.63) is 41.3 Å². The van der Waals surface area contributed by atoms with Crippen molar-refractivity contribution in [3.63, 3.8) is 0 Å². The third kappa shape index (κ3) is 3.62. The maximum atomic E-state index is 13.6. The number of halogens is 3. The van der Waals surface area contributed by atoms with Crippen LogP contribution < -0.4 is 10.6 Å². The zero-order valence-corrected chi connectivity index (χ0v) is 11.8. The van der Waals surface area contributed by atoms with Crippen molar-refractivity contribution in [2.75, 3.05) is 10.6 Å². The van der Waals surface area contributed by atoms with Gasteiger partial charge in [0.05, 0.1) is 5.69 Å². The average Bonchev–Trinajstić information content (AvgIpc) is 2.38. The van der Waals surface area contributed by atoms with Gasteiger partial charge in [0.15, 0.2) is 17.5 Å². The van der Waals surface area contributed by atoms with Crippen molar-refractivity contribution in [3.8, 4) is 0 Å². The van der Waals surface area contributed by atoms with E-state index in [2.05, 4.69) is 20.6 Å². The SMILES string of the molecule is Cc1cc(NC(C)C)nc(Nc2ccc(F)c(F)c2F)n1. The van der Waals surface area contributed by atoms with Crippen LogP contribution in [-0.2, 0) is 0 Å². The highest BCUT2D eigenvalue weighted by Gasteiger charge is 2.14. The zero-order chi connectivity index (χ0) is 15.6. The molecule has 0 aliphatic carbocycles. The minimum atomic E-state index is -1.53. The van der Waals surface area contributed by atoms with E-state index in [1.165, 1.54) is 0 Å². The van der Waals surface area contributed by atoms with Crippen LogP contribution in [0.3, 0.4) is 0 Å². The molecule has 0 aliphatic rings. The number of rotatable bonds is 4. The molecule has 0 radical (unpaired) electrons. The Hall–Kier alpha value is -2.31. The number of aryl methyl sites for hydroxylation is 1. The van der Waals surface area contributed by atoms with Gasteiger partial charge in [-0.2, -0.15) is 4.98 Å². The van der Waals surface area contributed by atoms with Gasteiger partial charge in [0.25, 0.3) is 0 Å². The van der Waals surface area contributed by atoms with Gasteiger partial charge >= 0.3 is 0 Å². The van der Waals surface area contributed by atoms with Crippen LogP contribution in [0.2, 0.25) is 0 Å². The maximum absolute atomic E-state index is 13.6. The Morgan fingerprint density at radius 1 is 1.05 bits per heavy atom. The summed E-state index contributed by atoms with van der Waals surface area (Å²) in [5.41, 5.74) is 0.425. The fraction of sp³-hybridized carbons (Fsp3) is 0.286. The molecule has 21 heavy (non-hydrogen) atoms. The van der Waals surface area contributed by atoms with Gasteiger partial charge < -0.3 is 10.6 Å². The molecule has 0 fully saturated rings. The topological polar surface area (TPSA) is 49.8 Å². The molecule has 2 rings (SSSR count). The monoisotopic (exact) mass is 296 g/mol. The Morgan fingerprint density at radius 3 is 2.43 bits per heavy atom. The molecule has 0 bridgehead atoms. The molecule has 1 aromatic carbocycles. The predicted octanol–water partition coefficient (Wildman–Crippen LogP) is 3.77. The lowest BCUT2D eigenvalue weighted by molar-refractivity contribution is 0.449. The molecule has 4 nitrogen and oxygen atoms in total. The summed E-state index contributed by atoms with van der Waals surface area (Å²) in [6, 6.07) is 3.82. The molecule has 0 atom stereocenters. The van der Waals surface area contributed by atoms with E-state index < -0.39 is 17.5 Å². The van der Waals surface area contributed by atoms with Crippen molar-refractivity contribution >= 4 is 17.5 Å². The lowest BCUT2D eigenvalue weighted by Crippen LogP contribution is -2.12. The van der Waals surface area contributed by atoms with Crippen LogP contribution in [0.4, 0.5) is 30.6 Å². The van der Waals surface area contributed by atoms with Crippen LogP contribution in [0, 0.1) is 24.4 Å². The summed E-state index contributed by atoms with van der Waals surface area (Å²) in [7, 11) is 0. The summed E-state index contributed by atoms with van der Waals surface area (Å²) in [6.45, 7) is 5.64. The van der Waals surface area contributed by atoms with Crippen molar-refractivity contribution < 1.29 is 13.2 Å². The second-order valence-corrected chi connectivity index (χ2v) is 4.87. The highest BCUT2D eigenvalue weighted by Crippen LogP contribution is 2.22. The maximum Gasteiger partial charge on any atom is 0.229 e. The first-order valence-electron chi connectivity index (χ1n) is 6.39.